The van der Waals surface area contributed by atoms with Crippen LogP contribution in [0, 0.1) is 5.41 Å². The van der Waals surface area contributed by atoms with Crippen LogP contribution >= 0.6 is 0 Å². The Morgan fingerprint density at radius 2 is 2.00 bits per heavy atom. The van der Waals surface area contributed by atoms with Crippen LogP contribution in [0.5, 0.6) is 5.75 Å². The fourth-order valence-electron chi connectivity index (χ4n) is 2.64. The molecule has 0 aromatic heterocycles. The summed E-state index contributed by atoms with van der Waals surface area (Å²) in [6.45, 7) is 8.21. The molecule has 0 saturated carbocycles. The minimum absolute atomic E-state index is 0.0511. The lowest BCUT2D eigenvalue weighted by molar-refractivity contribution is -0.123. The Labute approximate surface area is 108 Å². The van der Waals surface area contributed by atoms with Gasteiger partial charge in [-0.2, -0.15) is 0 Å². The maximum Gasteiger partial charge on any atom is 0.235 e. The van der Waals surface area contributed by atoms with Gasteiger partial charge in [-0.25, -0.2) is 0 Å². The van der Waals surface area contributed by atoms with Crippen molar-refractivity contribution in [1.82, 2.24) is 0 Å². The predicted octanol–water partition coefficient (Wildman–Crippen LogP) is 3.47. The number of ether oxygens (including phenoxy) is 1. The van der Waals surface area contributed by atoms with E-state index in [0.29, 0.717) is 0 Å². The standard InChI is InChI=1S/C15H19NO2/c1-5-15(6-2)10(3)12-9-11(18-4)7-8-13(12)16-14(15)17/h7-9H,3,5-6H2,1-2,4H3,(H,16,17). The Balaban J connectivity index is 2.57. The molecule has 1 heterocycles. The average Bonchev–Trinajstić information content (AvgIpc) is 2.40. The van der Waals surface area contributed by atoms with Crippen molar-refractivity contribution in [3.05, 3.63) is 30.3 Å². The van der Waals surface area contributed by atoms with Gasteiger partial charge in [0, 0.05) is 11.3 Å². The summed E-state index contributed by atoms with van der Waals surface area (Å²) >= 11 is 0. The quantitative estimate of drug-likeness (QED) is 0.885. The van der Waals surface area contributed by atoms with Crippen LogP contribution in [0.25, 0.3) is 5.57 Å². The molecule has 0 radical (unpaired) electrons. The molecule has 1 amide bonds. The van der Waals surface area contributed by atoms with Gasteiger partial charge in [-0.1, -0.05) is 20.4 Å². The van der Waals surface area contributed by atoms with Crippen LogP contribution in [0.2, 0.25) is 0 Å². The van der Waals surface area contributed by atoms with Crippen molar-refractivity contribution in [2.45, 2.75) is 26.7 Å². The van der Waals surface area contributed by atoms with E-state index in [9.17, 15) is 4.79 Å². The summed E-state index contributed by atoms with van der Waals surface area (Å²) in [4.78, 5) is 12.3. The van der Waals surface area contributed by atoms with E-state index in [0.717, 1.165) is 35.4 Å². The van der Waals surface area contributed by atoms with Gasteiger partial charge in [0.25, 0.3) is 0 Å². The van der Waals surface area contributed by atoms with Gasteiger partial charge in [0.05, 0.1) is 12.5 Å². The van der Waals surface area contributed by atoms with E-state index in [-0.39, 0.29) is 5.91 Å². The average molecular weight is 245 g/mol. The number of amides is 1. The molecule has 18 heavy (non-hydrogen) atoms. The SMILES string of the molecule is C=C1c2cc(OC)ccc2NC(=O)C1(CC)CC. The Kier molecular flexibility index (Phi) is 3.16. The van der Waals surface area contributed by atoms with Crippen LogP contribution in [-0.2, 0) is 4.79 Å². The molecule has 0 bridgehead atoms. The summed E-state index contributed by atoms with van der Waals surface area (Å²) in [7, 11) is 1.64. The van der Waals surface area contributed by atoms with Crippen molar-refractivity contribution in [3.63, 3.8) is 0 Å². The second-order valence-corrected chi connectivity index (χ2v) is 4.63. The summed E-state index contributed by atoms with van der Waals surface area (Å²) in [5.41, 5.74) is 2.21. The molecule has 0 aliphatic carbocycles. The molecule has 0 saturated heterocycles. The molecule has 3 nitrogen and oxygen atoms in total. The largest absolute Gasteiger partial charge is 0.497 e. The van der Waals surface area contributed by atoms with Gasteiger partial charge in [0.15, 0.2) is 0 Å². The van der Waals surface area contributed by atoms with E-state index in [4.69, 9.17) is 4.74 Å². The first-order valence-corrected chi connectivity index (χ1v) is 6.28. The van der Waals surface area contributed by atoms with Crippen molar-refractivity contribution in [2.24, 2.45) is 5.41 Å². The van der Waals surface area contributed by atoms with Gasteiger partial charge in [0.1, 0.15) is 5.75 Å². The molecular weight excluding hydrogens is 226 g/mol. The molecule has 0 unspecified atom stereocenters. The number of benzene rings is 1. The zero-order valence-electron chi connectivity index (χ0n) is 11.2. The first-order chi connectivity index (χ1) is 8.58. The minimum atomic E-state index is -0.487. The molecule has 1 aromatic rings. The minimum Gasteiger partial charge on any atom is -0.497 e. The van der Waals surface area contributed by atoms with Gasteiger partial charge >= 0.3 is 0 Å². The maximum atomic E-state index is 12.3. The molecular formula is C15H19NO2. The molecule has 96 valence electrons. The zero-order chi connectivity index (χ0) is 13.3. The van der Waals surface area contributed by atoms with E-state index < -0.39 is 5.41 Å². The van der Waals surface area contributed by atoms with E-state index in [1.54, 1.807) is 7.11 Å². The monoisotopic (exact) mass is 245 g/mol. The molecule has 3 heteroatoms. The van der Waals surface area contributed by atoms with E-state index >= 15 is 0 Å². The van der Waals surface area contributed by atoms with Crippen molar-refractivity contribution < 1.29 is 9.53 Å². The Hall–Kier alpha value is -1.77. The summed E-state index contributed by atoms with van der Waals surface area (Å²) in [6, 6.07) is 5.65. The number of hydrogen-bond donors (Lipinski definition) is 1. The second kappa shape index (κ2) is 4.48. The maximum absolute atomic E-state index is 12.3. The lowest BCUT2D eigenvalue weighted by atomic mass is 9.70. The summed E-state index contributed by atoms with van der Waals surface area (Å²) < 4.78 is 5.24. The van der Waals surface area contributed by atoms with Crippen LogP contribution in [0.4, 0.5) is 5.69 Å². The lowest BCUT2D eigenvalue weighted by Crippen LogP contribution is -2.39. The topological polar surface area (TPSA) is 38.3 Å². The fourth-order valence-corrected chi connectivity index (χ4v) is 2.64. The molecule has 0 atom stereocenters. The third kappa shape index (κ3) is 1.62. The van der Waals surface area contributed by atoms with E-state index in [2.05, 4.69) is 11.9 Å². The molecule has 1 aliphatic heterocycles. The smallest absolute Gasteiger partial charge is 0.235 e. The number of rotatable bonds is 3. The van der Waals surface area contributed by atoms with Gasteiger partial charge in [-0.05, 0) is 36.6 Å². The highest BCUT2D eigenvalue weighted by molar-refractivity contribution is 6.10. The number of anilines is 1. The number of hydrogen-bond acceptors (Lipinski definition) is 2. The molecule has 0 spiro atoms. The number of fused-ring (bicyclic) bond motifs is 1. The normalized spacial score (nSPS) is 17.1. The van der Waals surface area contributed by atoms with Crippen molar-refractivity contribution >= 4 is 17.2 Å². The Morgan fingerprint density at radius 3 is 2.56 bits per heavy atom. The van der Waals surface area contributed by atoms with Crippen molar-refractivity contribution in [1.29, 1.82) is 0 Å². The highest BCUT2D eigenvalue weighted by Gasteiger charge is 2.42. The molecule has 2 rings (SSSR count). The molecule has 1 N–H and O–H groups in total. The highest BCUT2D eigenvalue weighted by Crippen LogP contribution is 2.47. The number of nitrogens with one attached hydrogen (secondary N) is 1. The highest BCUT2D eigenvalue weighted by atomic mass is 16.5. The first-order valence-electron chi connectivity index (χ1n) is 6.28. The van der Waals surface area contributed by atoms with Crippen LogP contribution < -0.4 is 10.1 Å². The summed E-state index contributed by atoms with van der Waals surface area (Å²) in [5, 5.41) is 2.98. The van der Waals surface area contributed by atoms with E-state index in [1.807, 2.05) is 32.0 Å². The van der Waals surface area contributed by atoms with Gasteiger partial charge in [0.2, 0.25) is 5.91 Å². The Bertz CT molecular complexity index is 501. The van der Waals surface area contributed by atoms with Gasteiger partial charge < -0.3 is 10.1 Å². The summed E-state index contributed by atoms with van der Waals surface area (Å²) in [6.07, 6.45) is 1.51. The Morgan fingerprint density at radius 1 is 1.33 bits per heavy atom. The summed E-state index contributed by atoms with van der Waals surface area (Å²) in [5.74, 6) is 0.835. The van der Waals surface area contributed by atoms with Gasteiger partial charge in [-0.15, -0.1) is 0 Å². The third-order valence-electron chi connectivity index (χ3n) is 4.02. The van der Waals surface area contributed by atoms with E-state index in [1.165, 1.54) is 0 Å². The van der Waals surface area contributed by atoms with Gasteiger partial charge in [-0.3, -0.25) is 4.79 Å². The fraction of sp³-hybridized carbons (Fsp3) is 0.400. The molecule has 1 aliphatic rings. The lowest BCUT2D eigenvalue weighted by Gasteiger charge is -2.37. The molecule has 0 fully saturated rings. The number of carbonyl (C=O) groups is 1. The van der Waals surface area contributed by atoms with Crippen LogP contribution in [-0.4, -0.2) is 13.0 Å². The number of methoxy groups -OCH3 is 1. The van der Waals surface area contributed by atoms with Crippen LogP contribution in [0.15, 0.2) is 24.8 Å². The third-order valence-corrected chi connectivity index (χ3v) is 4.02. The molecule has 1 aromatic carbocycles. The first kappa shape index (κ1) is 12.7. The number of carbonyl (C=O) groups excluding carboxylic acids is 1. The zero-order valence-corrected chi connectivity index (χ0v) is 11.2. The van der Waals surface area contributed by atoms with Crippen LogP contribution in [0.3, 0.4) is 0 Å². The van der Waals surface area contributed by atoms with Crippen molar-refractivity contribution in [3.8, 4) is 5.75 Å². The predicted molar refractivity (Wildman–Crippen MR) is 73.7 cm³/mol. The second-order valence-electron chi connectivity index (χ2n) is 4.63. The van der Waals surface area contributed by atoms with Crippen molar-refractivity contribution in [2.75, 3.05) is 12.4 Å². The van der Waals surface area contributed by atoms with Crippen LogP contribution in [0.1, 0.15) is 32.3 Å².